The topological polar surface area (TPSA) is 87.7 Å². The molecule has 0 spiro atoms. The Hall–Kier alpha value is -3.06. The Labute approximate surface area is 174 Å². The molecule has 0 aromatic heterocycles. The van der Waals surface area contributed by atoms with Gasteiger partial charge in [-0.1, -0.05) is 35.9 Å². The number of ether oxygens (including phenoxy) is 1. The fourth-order valence-corrected chi connectivity index (χ4v) is 3.41. The van der Waals surface area contributed by atoms with Crippen molar-refractivity contribution in [3.8, 4) is 5.75 Å². The molecule has 3 rings (SSSR count). The summed E-state index contributed by atoms with van der Waals surface area (Å²) in [5, 5.41) is 6.04. The van der Waals surface area contributed by atoms with Gasteiger partial charge in [0.1, 0.15) is 17.8 Å². The van der Waals surface area contributed by atoms with Crippen LogP contribution >= 0.6 is 11.6 Å². The first-order valence-electron chi connectivity index (χ1n) is 9.13. The van der Waals surface area contributed by atoms with E-state index in [1.807, 2.05) is 18.2 Å². The summed E-state index contributed by atoms with van der Waals surface area (Å²) in [5.74, 6) is -0.239. The molecule has 1 atom stereocenters. The van der Waals surface area contributed by atoms with E-state index in [4.69, 9.17) is 16.3 Å². The normalized spacial score (nSPS) is 18.5. The van der Waals surface area contributed by atoms with Crippen LogP contribution in [0.15, 0.2) is 48.5 Å². The number of methoxy groups -OCH3 is 1. The molecule has 1 fully saturated rings. The Balaban J connectivity index is 1.59. The number of nitrogens with one attached hydrogen (secondary N) is 2. The zero-order valence-corrected chi connectivity index (χ0v) is 17.0. The zero-order valence-electron chi connectivity index (χ0n) is 16.2. The third kappa shape index (κ3) is 4.51. The van der Waals surface area contributed by atoms with Gasteiger partial charge in [0.25, 0.3) is 5.91 Å². The lowest BCUT2D eigenvalue weighted by Gasteiger charge is -2.22. The van der Waals surface area contributed by atoms with Crippen LogP contribution in [0.5, 0.6) is 5.75 Å². The van der Waals surface area contributed by atoms with Crippen LogP contribution in [0.25, 0.3) is 0 Å². The van der Waals surface area contributed by atoms with Crippen molar-refractivity contribution in [3.05, 3.63) is 64.7 Å². The highest BCUT2D eigenvalue weighted by atomic mass is 35.5. The molecule has 2 aromatic rings. The van der Waals surface area contributed by atoms with Gasteiger partial charge >= 0.3 is 6.03 Å². The number of hydrogen-bond donors (Lipinski definition) is 2. The van der Waals surface area contributed by atoms with E-state index < -0.39 is 23.4 Å². The second-order valence-electron chi connectivity index (χ2n) is 6.90. The molecular weight excluding hydrogens is 394 g/mol. The van der Waals surface area contributed by atoms with E-state index in [0.29, 0.717) is 29.3 Å². The molecular formula is C21H22ClN3O4. The molecule has 0 radical (unpaired) electrons. The molecule has 29 heavy (non-hydrogen) atoms. The average Bonchev–Trinajstić information content (AvgIpc) is 2.92. The highest BCUT2D eigenvalue weighted by molar-refractivity contribution is 6.30. The molecule has 0 bridgehead atoms. The number of hydrogen-bond acceptors (Lipinski definition) is 4. The molecule has 0 saturated carbocycles. The molecule has 1 aliphatic rings. The van der Waals surface area contributed by atoms with E-state index in [0.717, 1.165) is 10.5 Å². The maximum absolute atomic E-state index is 12.9. The Morgan fingerprint density at radius 2 is 1.93 bits per heavy atom. The predicted molar refractivity (Wildman–Crippen MR) is 109 cm³/mol. The van der Waals surface area contributed by atoms with Gasteiger partial charge in [-0.05, 0) is 48.7 Å². The number of nitrogens with zero attached hydrogens (tertiary/aromatic N) is 1. The van der Waals surface area contributed by atoms with E-state index in [-0.39, 0.29) is 6.54 Å². The van der Waals surface area contributed by atoms with Crippen molar-refractivity contribution in [1.82, 2.24) is 15.5 Å². The third-order valence-electron chi connectivity index (χ3n) is 4.87. The largest absolute Gasteiger partial charge is 0.497 e. The minimum atomic E-state index is -1.23. The quantitative estimate of drug-likeness (QED) is 0.680. The summed E-state index contributed by atoms with van der Waals surface area (Å²) in [4.78, 5) is 38.4. The summed E-state index contributed by atoms with van der Waals surface area (Å²) in [7, 11) is 1.55. The minimum absolute atomic E-state index is 0.341. The van der Waals surface area contributed by atoms with Crippen molar-refractivity contribution >= 4 is 29.4 Å². The van der Waals surface area contributed by atoms with Gasteiger partial charge in [0.2, 0.25) is 5.91 Å². The first-order chi connectivity index (χ1) is 13.8. The van der Waals surface area contributed by atoms with Crippen LogP contribution in [0.3, 0.4) is 0 Å². The van der Waals surface area contributed by atoms with E-state index >= 15 is 0 Å². The van der Waals surface area contributed by atoms with E-state index in [1.54, 1.807) is 44.4 Å². The van der Waals surface area contributed by atoms with Gasteiger partial charge in [0.15, 0.2) is 0 Å². The number of imide groups is 1. The molecule has 0 aliphatic carbocycles. The predicted octanol–water partition coefficient (Wildman–Crippen LogP) is 2.47. The Morgan fingerprint density at radius 3 is 2.59 bits per heavy atom. The van der Waals surface area contributed by atoms with E-state index in [1.165, 1.54) is 0 Å². The number of urea groups is 1. The van der Waals surface area contributed by atoms with Gasteiger partial charge in [-0.2, -0.15) is 0 Å². The first kappa shape index (κ1) is 20.7. The molecule has 0 unspecified atom stereocenters. The molecule has 1 heterocycles. The maximum Gasteiger partial charge on any atom is 0.325 e. The fourth-order valence-electron chi connectivity index (χ4n) is 3.20. The summed E-state index contributed by atoms with van der Waals surface area (Å²) in [6.45, 7) is 1.65. The summed E-state index contributed by atoms with van der Waals surface area (Å²) in [6, 6.07) is 13.6. The zero-order chi connectivity index (χ0) is 21.0. The van der Waals surface area contributed by atoms with Crippen LogP contribution in [0.2, 0.25) is 5.02 Å². The molecule has 4 amide bonds. The average molecular weight is 416 g/mol. The summed E-state index contributed by atoms with van der Waals surface area (Å²) >= 11 is 5.94. The fraction of sp³-hybridized carbons (Fsp3) is 0.286. The number of halogens is 1. The number of benzene rings is 2. The first-order valence-corrected chi connectivity index (χ1v) is 9.51. The van der Waals surface area contributed by atoms with Crippen molar-refractivity contribution in [3.63, 3.8) is 0 Å². The second-order valence-corrected chi connectivity index (χ2v) is 7.34. The Bertz CT molecular complexity index is 932. The molecule has 2 N–H and O–H groups in total. The summed E-state index contributed by atoms with van der Waals surface area (Å²) in [6.07, 6.45) is 0.593. The van der Waals surface area contributed by atoms with Crippen LogP contribution in [0.1, 0.15) is 18.1 Å². The smallest absolute Gasteiger partial charge is 0.325 e. The lowest BCUT2D eigenvalue weighted by molar-refractivity contribution is -0.134. The van der Waals surface area contributed by atoms with Crippen molar-refractivity contribution in [2.24, 2.45) is 0 Å². The van der Waals surface area contributed by atoms with E-state index in [9.17, 15) is 14.4 Å². The van der Waals surface area contributed by atoms with Gasteiger partial charge in [0, 0.05) is 11.6 Å². The Morgan fingerprint density at radius 1 is 1.21 bits per heavy atom. The van der Waals surface area contributed by atoms with Crippen molar-refractivity contribution in [2.45, 2.75) is 18.9 Å². The molecule has 2 aromatic carbocycles. The highest BCUT2D eigenvalue weighted by Gasteiger charge is 2.49. The third-order valence-corrected chi connectivity index (χ3v) is 5.10. The molecule has 7 nitrogen and oxygen atoms in total. The number of carbonyl (C=O) groups excluding carboxylic acids is 3. The maximum atomic E-state index is 12.9. The van der Waals surface area contributed by atoms with Crippen molar-refractivity contribution < 1.29 is 19.1 Å². The molecule has 152 valence electrons. The van der Waals surface area contributed by atoms with Crippen LogP contribution in [-0.4, -0.2) is 42.9 Å². The van der Waals surface area contributed by atoms with Gasteiger partial charge in [-0.25, -0.2) is 4.79 Å². The van der Waals surface area contributed by atoms with Gasteiger partial charge in [-0.3, -0.25) is 14.5 Å². The van der Waals surface area contributed by atoms with E-state index in [2.05, 4.69) is 10.6 Å². The summed E-state index contributed by atoms with van der Waals surface area (Å²) < 4.78 is 5.12. The number of amides is 4. The minimum Gasteiger partial charge on any atom is -0.497 e. The molecule has 1 aliphatic heterocycles. The van der Waals surface area contributed by atoms with Crippen LogP contribution in [0.4, 0.5) is 4.79 Å². The van der Waals surface area contributed by atoms with Crippen molar-refractivity contribution in [1.29, 1.82) is 0 Å². The SMILES string of the molecule is COc1ccc([C@@]2(C)NC(=O)N(CC(=O)NCCc3cccc(Cl)c3)C2=O)cc1. The lowest BCUT2D eigenvalue weighted by atomic mass is 9.92. The van der Waals surface area contributed by atoms with Gasteiger partial charge in [-0.15, -0.1) is 0 Å². The Kier molecular flexibility index (Phi) is 6.08. The number of rotatable bonds is 7. The highest BCUT2D eigenvalue weighted by Crippen LogP contribution is 2.29. The second kappa shape index (κ2) is 8.53. The molecule has 8 heteroatoms. The van der Waals surface area contributed by atoms with Gasteiger partial charge < -0.3 is 15.4 Å². The van der Waals surface area contributed by atoms with Crippen LogP contribution in [0, 0.1) is 0 Å². The van der Waals surface area contributed by atoms with Crippen molar-refractivity contribution in [2.75, 3.05) is 20.2 Å². The van der Waals surface area contributed by atoms with Crippen LogP contribution < -0.4 is 15.4 Å². The summed E-state index contributed by atoms with van der Waals surface area (Å²) in [5.41, 5.74) is 0.366. The molecule has 1 saturated heterocycles. The standard InChI is InChI=1S/C21H22ClN3O4/c1-21(15-6-8-17(29-2)9-7-15)19(27)25(20(28)24-21)13-18(26)23-11-10-14-4-3-5-16(22)12-14/h3-9,12H,10-11,13H2,1-2H3,(H,23,26)(H,24,28)/t21-/m1/s1. The van der Waals surface area contributed by atoms with Crippen LogP contribution in [-0.2, 0) is 21.5 Å². The number of carbonyl (C=O) groups is 3. The van der Waals surface area contributed by atoms with Gasteiger partial charge in [0.05, 0.1) is 7.11 Å². The lowest BCUT2D eigenvalue weighted by Crippen LogP contribution is -2.43. The monoisotopic (exact) mass is 415 g/mol.